The lowest BCUT2D eigenvalue weighted by molar-refractivity contribution is -0.124. The number of rotatable bonds is 3. The average Bonchev–Trinajstić information content (AvgIpc) is 3.40. The van der Waals surface area contributed by atoms with Crippen molar-refractivity contribution in [3.8, 4) is 0 Å². The number of carbonyl (C=O) groups excluding carboxylic acids is 3. The zero-order valence-corrected chi connectivity index (χ0v) is 19.2. The second-order valence-corrected chi connectivity index (χ2v) is 9.47. The minimum atomic E-state index is -0.867. The standard InChI is InChI=1S/C30H21N3O3/c34-28(19-9-2-1-3-10-19)27-25-24(26-23-13-7-6-12-21(23)17-31-33(26)27)29(35)32(30(25)36)22-15-14-18-8-4-5-11-20(18)16-22/h1-17,24-27H/t24-,25+,26+,27+/m0/s1. The Kier molecular flexibility index (Phi) is 4.45. The number of imide groups is 1. The SMILES string of the molecule is O=C(c1ccccc1)[C@H]1[C@@H]2C(=O)N(c3ccc4ccccc4c3)C(=O)[C@@H]2[C@H]2c3ccccc3C=NN21. The van der Waals surface area contributed by atoms with E-state index in [1.807, 2.05) is 66.7 Å². The molecule has 2 fully saturated rings. The first-order valence-corrected chi connectivity index (χ1v) is 12.0. The van der Waals surface area contributed by atoms with Gasteiger partial charge in [-0.1, -0.05) is 84.9 Å². The fourth-order valence-electron chi connectivity index (χ4n) is 6.01. The highest BCUT2D eigenvalue weighted by Gasteiger charge is 2.65. The van der Waals surface area contributed by atoms with Gasteiger partial charge < -0.3 is 0 Å². The molecule has 0 aliphatic carbocycles. The van der Waals surface area contributed by atoms with E-state index in [0.717, 1.165) is 21.9 Å². The molecule has 6 nitrogen and oxygen atoms in total. The highest BCUT2D eigenvalue weighted by molar-refractivity contribution is 6.25. The maximum atomic E-state index is 14.0. The molecule has 2 saturated heterocycles. The van der Waals surface area contributed by atoms with E-state index in [2.05, 4.69) is 5.10 Å². The molecule has 3 heterocycles. The van der Waals surface area contributed by atoms with Crippen LogP contribution in [0, 0.1) is 11.8 Å². The summed E-state index contributed by atoms with van der Waals surface area (Å²) in [7, 11) is 0. The Morgan fingerprint density at radius 1 is 0.722 bits per heavy atom. The van der Waals surface area contributed by atoms with Crippen molar-refractivity contribution in [1.29, 1.82) is 0 Å². The summed E-state index contributed by atoms with van der Waals surface area (Å²) in [6.45, 7) is 0. The van der Waals surface area contributed by atoms with Crippen LogP contribution in [0.2, 0.25) is 0 Å². The number of hydrogen-bond donors (Lipinski definition) is 0. The number of nitrogens with zero attached hydrogens (tertiary/aromatic N) is 3. The smallest absolute Gasteiger partial charge is 0.240 e. The summed E-state index contributed by atoms with van der Waals surface area (Å²) in [5.74, 6) is -2.38. The number of amides is 2. The lowest BCUT2D eigenvalue weighted by Crippen LogP contribution is -2.44. The van der Waals surface area contributed by atoms with E-state index in [9.17, 15) is 14.4 Å². The molecular formula is C30H21N3O3. The number of carbonyl (C=O) groups is 3. The van der Waals surface area contributed by atoms with Gasteiger partial charge in [-0.25, -0.2) is 4.90 Å². The number of benzene rings is 4. The summed E-state index contributed by atoms with van der Waals surface area (Å²) in [5.41, 5.74) is 2.84. The van der Waals surface area contributed by atoms with Crippen LogP contribution in [-0.2, 0) is 9.59 Å². The molecule has 0 spiro atoms. The third-order valence-electron chi connectivity index (χ3n) is 7.61. The highest BCUT2D eigenvalue weighted by Crippen LogP contribution is 2.53. The average molecular weight is 472 g/mol. The topological polar surface area (TPSA) is 70.0 Å². The van der Waals surface area contributed by atoms with Crippen LogP contribution in [0.15, 0.2) is 102 Å². The number of hydrazone groups is 1. The van der Waals surface area contributed by atoms with E-state index in [1.165, 1.54) is 4.90 Å². The lowest BCUT2D eigenvalue weighted by Gasteiger charge is -2.33. The van der Waals surface area contributed by atoms with Crippen LogP contribution >= 0.6 is 0 Å². The fourth-order valence-corrected chi connectivity index (χ4v) is 6.01. The second kappa shape index (κ2) is 7.71. The molecule has 0 bridgehead atoms. The van der Waals surface area contributed by atoms with E-state index in [-0.39, 0.29) is 17.6 Å². The van der Waals surface area contributed by atoms with Crippen LogP contribution in [0.3, 0.4) is 0 Å². The van der Waals surface area contributed by atoms with E-state index in [1.54, 1.807) is 41.6 Å². The van der Waals surface area contributed by atoms with Crippen molar-refractivity contribution in [2.75, 3.05) is 4.90 Å². The molecule has 36 heavy (non-hydrogen) atoms. The Balaban J connectivity index is 1.38. The first-order chi connectivity index (χ1) is 17.6. The van der Waals surface area contributed by atoms with E-state index in [0.29, 0.717) is 11.3 Å². The van der Waals surface area contributed by atoms with Crippen LogP contribution in [0.4, 0.5) is 5.69 Å². The molecule has 4 aromatic rings. The fraction of sp³-hybridized carbons (Fsp3) is 0.133. The van der Waals surface area contributed by atoms with Crippen molar-refractivity contribution < 1.29 is 14.4 Å². The number of Topliss-reactive ketones (excluding diaryl/α,β-unsaturated/α-hetero) is 1. The molecule has 4 atom stereocenters. The van der Waals surface area contributed by atoms with Crippen LogP contribution < -0.4 is 4.90 Å². The summed E-state index contributed by atoms with van der Waals surface area (Å²) in [5, 5.41) is 8.28. The lowest BCUT2D eigenvalue weighted by atomic mass is 9.83. The van der Waals surface area contributed by atoms with Gasteiger partial charge in [0, 0.05) is 5.56 Å². The van der Waals surface area contributed by atoms with Gasteiger partial charge in [0.1, 0.15) is 6.04 Å². The molecule has 3 aliphatic heterocycles. The minimum Gasteiger partial charge on any atom is -0.292 e. The van der Waals surface area contributed by atoms with Gasteiger partial charge in [0.25, 0.3) is 0 Å². The van der Waals surface area contributed by atoms with Gasteiger partial charge in [0.2, 0.25) is 11.8 Å². The zero-order chi connectivity index (χ0) is 24.4. The number of ketones is 1. The zero-order valence-electron chi connectivity index (χ0n) is 19.2. The van der Waals surface area contributed by atoms with Gasteiger partial charge in [0.15, 0.2) is 5.78 Å². The maximum absolute atomic E-state index is 14.0. The van der Waals surface area contributed by atoms with E-state index < -0.39 is 23.9 Å². The van der Waals surface area contributed by atoms with Gasteiger partial charge in [-0.3, -0.25) is 19.4 Å². The Morgan fingerprint density at radius 3 is 2.25 bits per heavy atom. The van der Waals surface area contributed by atoms with Gasteiger partial charge in [-0.2, -0.15) is 5.10 Å². The monoisotopic (exact) mass is 471 g/mol. The van der Waals surface area contributed by atoms with Crippen LogP contribution in [-0.4, -0.2) is 34.9 Å². The molecule has 6 heteroatoms. The predicted molar refractivity (Wildman–Crippen MR) is 137 cm³/mol. The molecule has 3 aliphatic rings. The maximum Gasteiger partial charge on any atom is 0.240 e. The van der Waals surface area contributed by atoms with Crippen molar-refractivity contribution in [3.63, 3.8) is 0 Å². The molecule has 2 amide bonds. The van der Waals surface area contributed by atoms with Crippen molar-refractivity contribution in [2.24, 2.45) is 16.9 Å². The van der Waals surface area contributed by atoms with Crippen LogP contribution in [0.1, 0.15) is 27.5 Å². The summed E-state index contributed by atoms with van der Waals surface area (Å²) in [6.07, 6.45) is 1.72. The second-order valence-electron chi connectivity index (χ2n) is 9.47. The highest BCUT2D eigenvalue weighted by atomic mass is 16.2. The molecule has 4 aromatic carbocycles. The molecule has 7 rings (SSSR count). The van der Waals surface area contributed by atoms with Crippen LogP contribution in [0.5, 0.6) is 0 Å². The first-order valence-electron chi connectivity index (χ1n) is 12.0. The molecule has 0 saturated carbocycles. The summed E-state index contributed by atoms with van der Waals surface area (Å²) in [4.78, 5) is 43.1. The quantitative estimate of drug-likeness (QED) is 0.323. The molecule has 174 valence electrons. The van der Waals surface area contributed by atoms with Gasteiger partial charge >= 0.3 is 0 Å². The normalized spacial score (nSPS) is 24.1. The van der Waals surface area contributed by atoms with Gasteiger partial charge in [0.05, 0.1) is 29.8 Å². The molecular weight excluding hydrogens is 450 g/mol. The Morgan fingerprint density at radius 2 is 1.42 bits per heavy atom. The molecule has 0 aromatic heterocycles. The number of fused-ring (bicyclic) bond motifs is 6. The third-order valence-corrected chi connectivity index (χ3v) is 7.61. The summed E-state index contributed by atoms with van der Waals surface area (Å²) in [6, 6.07) is 28.7. The van der Waals surface area contributed by atoms with Crippen molar-refractivity contribution in [2.45, 2.75) is 12.1 Å². The molecule has 0 radical (unpaired) electrons. The largest absolute Gasteiger partial charge is 0.292 e. The summed E-state index contributed by atoms with van der Waals surface area (Å²) >= 11 is 0. The van der Waals surface area contributed by atoms with Crippen molar-refractivity contribution in [1.82, 2.24) is 5.01 Å². The van der Waals surface area contributed by atoms with E-state index >= 15 is 0 Å². The number of hydrogen-bond acceptors (Lipinski definition) is 5. The van der Waals surface area contributed by atoms with Crippen LogP contribution in [0.25, 0.3) is 10.8 Å². The minimum absolute atomic E-state index is 0.203. The Bertz CT molecular complexity index is 1600. The Labute approximate surface area is 207 Å². The first kappa shape index (κ1) is 20.8. The van der Waals surface area contributed by atoms with Crippen molar-refractivity contribution >= 4 is 40.3 Å². The molecule has 0 N–H and O–H groups in total. The third kappa shape index (κ3) is 2.84. The van der Waals surface area contributed by atoms with Gasteiger partial charge in [-0.05, 0) is 34.0 Å². The number of anilines is 1. The predicted octanol–water partition coefficient (Wildman–Crippen LogP) is 4.60. The Hall–Kier alpha value is -4.58. The molecule has 0 unspecified atom stereocenters. The van der Waals surface area contributed by atoms with E-state index in [4.69, 9.17) is 0 Å². The summed E-state index contributed by atoms with van der Waals surface area (Å²) < 4.78 is 0. The van der Waals surface area contributed by atoms with Crippen molar-refractivity contribution in [3.05, 3.63) is 114 Å². The van der Waals surface area contributed by atoms with Gasteiger partial charge in [-0.15, -0.1) is 0 Å².